The van der Waals surface area contributed by atoms with Crippen molar-refractivity contribution in [2.75, 3.05) is 19.7 Å². The van der Waals surface area contributed by atoms with Crippen molar-refractivity contribution in [2.24, 2.45) is 0 Å². The van der Waals surface area contributed by atoms with Crippen LogP contribution in [0.5, 0.6) is 5.88 Å². The molecule has 2 heterocycles. The average Bonchev–Trinajstić information content (AvgIpc) is 3.18. The summed E-state index contributed by atoms with van der Waals surface area (Å²) in [5, 5.41) is 4.21. The standard InChI is InChI=1S/C19H19F2N3O.C2H6.CH4FP/c1-12(15-4-6-19(22-11-15)25-8-7-20)23-13(2)17-9-14-3-5-16(21)10-18(14)24-17;1-2;2-1-3/h3-6,9-12,23-24H,2,7-8H2,1H3;1-2H3;1,3H2. The van der Waals surface area contributed by atoms with E-state index in [1.165, 1.54) is 12.1 Å². The van der Waals surface area contributed by atoms with Gasteiger partial charge in [-0.15, -0.1) is 9.24 Å². The predicted molar refractivity (Wildman–Crippen MR) is 122 cm³/mol. The summed E-state index contributed by atoms with van der Waals surface area (Å²) in [6.07, 6.45) is 1.35. The van der Waals surface area contributed by atoms with E-state index in [-0.39, 0.29) is 24.9 Å². The van der Waals surface area contributed by atoms with E-state index < -0.39 is 6.67 Å². The van der Waals surface area contributed by atoms with E-state index in [1.54, 1.807) is 18.3 Å². The van der Waals surface area contributed by atoms with E-state index >= 15 is 0 Å². The van der Waals surface area contributed by atoms with Crippen molar-refractivity contribution in [2.45, 2.75) is 26.8 Å². The van der Waals surface area contributed by atoms with E-state index in [2.05, 4.69) is 21.9 Å². The fraction of sp³-hybridized carbons (Fsp3) is 0.318. The molecule has 2 unspecified atom stereocenters. The molecule has 0 aliphatic carbocycles. The smallest absolute Gasteiger partial charge is 0.213 e. The van der Waals surface area contributed by atoms with Gasteiger partial charge in [0.05, 0.1) is 17.4 Å². The number of hydrogen-bond acceptors (Lipinski definition) is 3. The second kappa shape index (κ2) is 13.6. The van der Waals surface area contributed by atoms with Gasteiger partial charge >= 0.3 is 0 Å². The number of rotatable bonds is 7. The number of halogens is 3. The van der Waals surface area contributed by atoms with Gasteiger partial charge in [0.1, 0.15) is 25.5 Å². The van der Waals surface area contributed by atoms with Gasteiger partial charge in [-0.3, -0.25) is 0 Å². The number of pyridine rings is 1. The Labute approximate surface area is 178 Å². The highest BCUT2D eigenvalue weighted by Crippen LogP contribution is 2.22. The Morgan fingerprint density at radius 2 is 1.93 bits per heavy atom. The minimum Gasteiger partial charge on any atom is -0.475 e. The fourth-order valence-electron chi connectivity index (χ4n) is 2.56. The minimum absolute atomic E-state index is 0.00205. The molecule has 0 fully saturated rings. The number of benzene rings is 1. The number of fused-ring (bicyclic) bond motifs is 1. The minimum atomic E-state index is -0.546. The third-order valence-corrected chi connectivity index (χ3v) is 3.89. The summed E-state index contributed by atoms with van der Waals surface area (Å²) in [6.45, 7) is 9.47. The Kier molecular flexibility index (Phi) is 11.6. The summed E-state index contributed by atoms with van der Waals surface area (Å²) in [5.41, 5.74) is 3.16. The van der Waals surface area contributed by atoms with Crippen LogP contribution >= 0.6 is 9.24 Å². The lowest BCUT2D eigenvalue weighted by molar-refractivity contribution is 0.264. The van der Waals surface area contributed by atoms with E-state index in [1.807, 2.05) is 42.1 Å². The number of ether oxygens (including phenoxy) is 1. The van der Waals surface area contributed by atoms with Gasteiger partial charge in [-0.25, -0.2) is 18.2 Å². The monoisotopic (exact) mass is 439 g/mol. The number of aromatic amines is 1. The SMILES string of the molecule is C=C(NC(C)c1ccc(OCCF)nc1)c1cc2ccc(F)cc2[nH]1.CC.FCP. The van der Waals surface area contributed by atoms with Crippen LogP contribution in [0.3, 0.4) is 0 Å². The van der Waals surface area contributed by atoms with E-state index in [4.69, 9.17) is 4.74 Å². The maximum atomic E-state index is 13.3. The molecule has 2 aromatic heterocycles. The molecule has 0 aliphatic heterocycles. The first-order valence-corrected chi connectivity index (χ1v) is 10.4. The Balaban J connectivity index is 0.000000826. The molecule has 3 rings (SSSR count). The molecule has 0 saturated heterocycles. The largest absolute Gasteiger partial charge is 0.475 e. The van der Waals surface area contributed by atoms with Crippen molar-refractivity contribution >= 4 is 25.8 Å². The van der Waals surface area contributed by atoms with Crippen LogP contribution in [0, 0.1) is 5.82 Å². The normalized spacial score (nSPS) is 10.9. The lowest BCUT2D eigenvalue weighted by Gasteiger charge is -2.17. The number of nitrogens with one attached hydrogen (secondary N) is 2. The van der Waals surface area contributed by atoms with Crippen LogP contribution in [-0.4, -0.2) is 29.7 Å². The van der Waals surface area contributed by atoms with Gasteiger partial charge in [0.2, 0.25) is 5.88 Å². The molecule has 0 amide bonds. The highest BCUT2D eigenvalue weighted by atomic mass is 31.0. The van der Waals surface area contributed by atoms with Gasteiger partial charge in [-0.2, -0.15) is 0 Å². The lowest BCUT2D eigenvalue weighted by Crippen LogP contribution is -2.17. The first kappa shape index (κ1) is 25.5. The van der Waals surface area contributed by atoms with E-state index in [0.717, 1.165) is 22.2 Å². The summed E-state index contributed by atoms with van der Waals surface area (Å²) >= 11 is 0. The fourth-order valence-corrected chi connectivity index (χ4v) is 2.56. The van der Waals surface area contributed by atoms with Crippen molar-refractivity contribution < 1.29 is 17.9 Å². The maximum absolute atomic E-state index is 13.3. The van der Waals surface area contributed by atoms with Crippen molar-refractivity contribution in [3.05, 3.63) is 66.2 Å². The summed E-state index contributed by atoms with van der Waals surface area (Å²) in [5.74, 6) is 0.110. The first-order valence-electron chi connectivity index (χ1n) is 9.63. The second-order valence-electron chi connectivity index (χ2n) is 5.88. The zero-order valence-corrected chi connectivity index (χ0v) is 18.7. The van der Waals surface area contributed by atoms with Gasteiger partial charge in [0.15, 0.2) is 0 Å². The highest BCUT2D eigenvalue weighted by molar-refractivity contribution is 7.16. The number of nitrogens with zero attached hydrogens (tertiary/aromatic N) is 1. The van der Waals surface area contributed by atoms with Crippen LogP contribution in [0.15, 0.2) is 49.2 Å². The first-order chi connectivity index (χ1) is 14.5. The highest BCUT2D eigenvalue weighted by Gasteiger charge is 2.10. The Morgan fingerprint density at radius 1 is 1.23 bits per heavy atom. The molecule has 0 aliphatic rings. The van der Waals surface area contributed by atoms with E-state index in [9.17, 15) is 13.2 Å². The maximum Gasteiger partial charge on any atom is 0.213 e. The molecule has 0 spiro atoms. The molecule has 1 aromatic carbocycles. The third kappa shape index (κ3) is 7.71. The van der Waals surface area contributed by atoms with Gasteiger partial charge in [-0.1, -0.05) is 26.5 Å². The Hall–Kier alpha value is -2.53. The van der Waals surface area contributed by atoms with Crippen molar-refractivity contribution in [3.63, 3.8) is 0 Å². The van der Waals surface area contributed by atoms with Crippen LogP contribution in [0.25, 0.3) is 16.6 Å². The topological polar surface area (TPSA) is 49.9 Å². The molecule has 8 heteroatoms. The molecule has 0 radical (unpaired) electrons. The van der Waals surface area contributed by atoms with Crippen LogP contribution in [0.1, 0.15) is 38.1 Å². The molecule has 2 N–H and O–H groups in total. The quantitative estimate of drug-likeness (QED) is 0.432. The zero-order chi connectivity index (χ0) is 22.5. The van der Waals surface area contributed by atoms with Crippen LogP contribution < -0.4 is 10.1 Å². The van der Waals surface area contributed by atoms with Crippen LogP contribution in [0.2, 0.25) is 0 Å². The third-order valence-electron chi connectivity index (χ3n) is 3.89. The average molecular weight is 439 g/mol. The molecule has 2 atom stereocenters. The Morgan fingerprint density at radius 3 is 2.53 bits per heavy atom. The second-order valence-corrected chi connectivity index (χ2v) is 6.19. The number of alkyl halides is 2. The predicted octanol–water partition coefficient (Wildman–Crippen LogP) is 6.19. The molecular weight excluding hydrogens is 410 g/mol. The van der Waals surface area contributed by atoms with Crippen LogP contribution in [0.4, 0.5) is 13.2 Å². The van der Waals surface area contributed by atoms with E-state index in [0.29, 0.717) is 11.6 Å². The molecule has 4 nitrogen and oxygen atoms in total. The number of H-pyrrole nitrogens is 1. The number of hydrogen-bond donors (Lipinski definition) is 2. The summed E-state index contributed by atoms with van der Waals surface area (Å²) in [6, 6.07) is 10.1. The van der Waals surface area contributed by atoms with Crippen molar-refractivity contribution in [1.29, 1.82) is 0 Å². The molecular formula is C22H29F3N3OP. The summed E-state index contributed by atoms with van der Waals surface area (Å²) in [4.78, 5) is 7.31. The van der Waals surface area contributed by atoms with Crippen LogP contribution in [-0.2, 0) is 0 Å². The summed E-state index contributed by atoms with van der Waals surface area (Å²) < 4.78 is 40.8. The summed E-state index contributed by atoms with van der Waals surface area (Å²) in [7, 11) is 1.91. The lowest BCUT2D eigenvalue weighted by atomic mass is 10.1. The van der Waals surface area contributed by atoms with Crippen molar-refractivity contribution in [1.82, 2.24) is 15.3 Å². The Bertz CT molecular complexity index is 900. The van der Waals surface area contributed by atoms with Gasteiger partial charge in [0, 0.05) is 23.2 Å². The van der Waals surface area contributed by atoms with Gasteiger partial charge < -0.3 is 15.0 Å². The molecule has 3 aromatic rings. The van der Waals surface area contributed by atoms with Gasteiger partial charge in [0.25, 0.3) is 0 Å². The van der Waals surface area contributed by atoms with Crippen molar-refractivity contribution in [3.8, 4) is 5.88 Å². The number of aromatic nitrogens is 2. The molecule has 0 bridgehead atoms. The molecule has 164 valence electrons. The molecule has 30 heavy (non-hydrogen) atoms. The molecule has 0 saturated carbocycles. The van der Waals surface area contributed by atoms with Gasteiger partial charge in [-0.05, 0) is 36.8 Å². The zero-order valence-electron chi connectivity index (χ0n) is 17.5.